The van der Waals surface area contributed by atoms with Gasteiger partial charge in [-0.3, -0.25) is 4.79 Å². The van der Waals surface area contributed by atoms with E-state index in [0.717, 1.165) is 16.9 Å². The number of carbonyl (C=O) groups excluding carboxylic acids is 1. The zero-order valence-corrected chi connectivity index (χ0v) is 13.8. The lowest BCUT2D eigenvalue weighted by Crippen LogP contribution is -2.38. The summed E-state index contributed by atoms with van der Waals surface area (Å²) >= 11 is 0. The minimum Gasteiger partial charge on any atom is -0.494 e. The van der Waals surface area contributed by atoms with E-state index in [0.29, 0.717) is 13.0 Å². The molecule has 0 saturated heterocycles. The molecule has 4 nitrogen and oxygen atoms in total. The third-order valence-electron chi connectivity index (χ3n) is 3.51. The highest BCUT2D eigenvalue weighted by Crippen LogP contribution is 2.13. The molecular weight excluding hydrogens is 302 g/mol. The summed E-state index contributed by atoms with van der Waals surface area (Å²) in [6.45, 7) is 2.46. The highest BCUT2D eigenvalue weighted by Gasteiger charge is 2.10. The number of rotatable bonds is 8. The van der Waals surface area contributed by atoms with Crippen molar-refractivity contribution in [3.63, 3.8) is 0 Å². The van der Waals surface area contributed by atoms with Crippen molar-refractivity contribution >= 4 is 12.0 Å². The van der Waals surface area contributed by atoms with Crippen LogP contribution < -0.4 is 10.1 Å². The molecule has 0 aliphatic carbocycles. The van der Waals surface area contributed by atoms with Crippen LogP contribution in [-0.4, -0.2) is 30.3 Å². The molecule has 0 aliphatic heterocycles. The topological polar surface area (TPSA) is 58.6 Å². The van der Waals surface area contributed by atoms with Crippen molar-refractivity contribution in [3.05, 3.63) is 71.8 Å². The van der Waals surface area contributed by atoms with Gasteiger partial charge in [-0.05, 0) is 42.7 Å². The minimum absolute atomic E-state index is 0.0997. The van der Waals surface area contributed by atoms with E-state index in [-0.39, 0.29) is 18.6 Å². The highest BCUT2D eigenvalue weighted by atomic mass is 16.5. The predicted octanol–water partition coefficient (Wildman–Crippen LogP) is 2.82. The standard InChI is InChI=1S/C20H23NO3/c1-2-24-19-11-8-16(9-12-19)10-13-20(23)21-18(15-22)14-17-6-4-3-5-7-17/h3-13,18,22H,2,14-15H2,1H3,(H,21,23)/b13-10+/t18-/m0/s1. The van der Waals surface area contributed by atoms with Crippen LogP contribution in [0.5, 0.6) is 5.75 Å². The van der Waals surface area contributed by atoms with E-state index in [2.05, 4.69) is 5.32 Å². The maximum atomic E-state index is 12.0. The molecule has 2 aromatic rings. The third-order valence-corrected chi connectivity index (χ3v) is 3.51. The molecule has 4 heteroatoms. The molecule has 2 aromatic carbocycles. The molecule has 0 saturated carbocycles. The van der Waals surface area contributed by atoms with Gasteiger partial charge in [-0.15, -0.1) is 0 Å². The molecule has 0 aromatic heterocycles. The zero-order chi connectivity index (χ0) is 17.2. The van der Waals surface area contributed by atoms with Crippen LogP contribution in [0.15, 0.2) is 60.7 Å². The second-order valence-corrected chi connectivity index (χ2v) is 5.41. The minimum atomic E-state index is -0.301. The van der Waals surface area contributed by atoms with Gasteiger partial charge >= 0.3 is 0 Å². The van der Waals surface area contributed by atoms with Crippen LogP contribution in [0.1, 0.15) is 18.1 Å². The Morgan fingerprint density at radius 1 is 1.17 bits per heavy atom. The Morgan fingerprint density at radius 2 is 1.88 bits per heavy atom. The number of carbonyl (C=O) groups is 1. The van der Waals surface area contributed by atoms with Gasteiger partial charge < -0.3 is 15.2 Å². The van der Waals surface area contributed by atoms with Crippen molar-refractivity contribution in [2.24, 2.45) is 0 Å². The number of amides is 1. The number of aliphatic hydroxyl groups excluding tert-OH is 1. The first kappa shape index (κ1) is 17.8. The maximum absolute atomic E-state index is 12.0. The van der Waals surface area contributed by atoms with Gasteiger partial charge in [0.05, 0.1) is 19.3 Å². The monoisotopic (exact) mass is 325 g/mol. The van der Waals surface area contributed by atoms with E-state index >= 15 is 0 Å². The largest absolute Gasteiger partial charge is 0.494 e. The summed E-state index contributed by atoms with van der Waals surface area (Å²) in [7, 11) is 0. The first-order chi connectivity index (χ1) is 11.7. The highest BCUT2D eigenvalue weighted by molar-refractivity contribution is 5.91. The summed E-state index contributed by atoms with van der Waals surface area (Å²) in [5.74, 6) is 0.584. The summed E-state index contributed by atoms with van der Waals surface area (Å²) in [5.41, 5.74) is 1.99. The Kier molecular flexibility index (Phi) is 7.05. The normalized spacial score (nSPS) is 12.1. The van der Waals surface area contributed by atoms with E-state index in [9.17, 15) is 9.90 Å². The van der Waals surface area contributed by atoms with Crippen LogP contribution in [0.4, 0.5) is 0 Å². The first-order valence-corrected chi connectivity index (χ1v) is 8.07. The number of hydrogen-bond donors (Lipinski definition) is 2. The van der Waals surface area contributed by atoms with Crippen molar-refractivity contribution in [2.45, 2.75) is 19.4 Å². The summed E-state index contributed by atoms with van der Waals surface area (Å²) < 4.78 is 5.38. The van der Waals surface area contributed by atoms with E-state index in [4.69, 9.17) is 4.74 Å². The van der Waals surface area contributed by atoms with Gasteiger partial charge in [-0.1, -0.05) is 42.5 Å². The molecule has 24 heavy (non-hydrogen) atoms. The lowest BCUT2D eigenvalue weighted by Gasteiger charge is -2.15. The molecule has 0 heterocycles. The van der Waals surface area contributed by atoms with Crippen LogP contribution in [-0.2, 0) is 11.2 Å². The molecule has 0 radical (unpaired) electrons. The SMILES string of the molecule is CCOc1ccc(/C=C/C(=O)N[C@H](CO)Cc2ccccc2)cc1. The van der Waals surface area contributed by atoms with E-state index in [1.165, 1.54) is 6.08 Å². The molecule has 0 unspecified atom stereocenters. The van der Waals surface area contributed by atoms with Crippen molar-refractivity contribution in [2.75, 3.05) is 13.2 Å². The molecule has 2 N–H and O–H groups in total. The summed E-state index contributed by atoms with van der Waals surface area (Å²) in [6.07, 6.45) is 3.81. The van der Waals surface area contributed by atoms with E-state index < -0.39 is 0 Å². The van der Waals surface area contributed by atoms with Gasteiger partial charge in [-0.25, -0.2) is 0 Å². The lowest BCUT2D eigenvalue weighted by atomic mass is 10.1. The molecule has 1 amide bonds. The van der Waals surface area contributed by atoms with Gasteiger partial charge in [0.1, 0.15) is 5.75 Å². The van der Waals surface area contributed by atoms with Gasteiger partial charge in [0, 0.05) is 6.08 Å². The summed E-state index contributed by atoms with van der Waals surface area (Å²) in [4.78, 5) is 12.0. The van der Waals surface area contributed by atoms with E-state index in [1.54, 1.807) is 6.08 Å². The van der Waals surface area contributed by atoms with Crippen LogP contribution in [0, 0.1) is 0 Å². The second-order valence-electron chi connectivity index (χ2n) is 5.41. The molecule has 1 atom stereocenters. The number of aliphatic hydroxyl groups is 1. The zero-order valence-electron chi connectivity index (χ0n) is 13.8. The van der Waals surface area contributed by atoms with Crippen molar-refractivity contribution in [1.82, 2.24) is 5.32 Å². The summed E-state index contributed by atoms with van der Waals surface area (Å²) in [6, 6.07) is 17.0. The van der Waals surface area contributed by atoms with Crippen LogP contribution in [0.3, 0.4) is 0 Å². The number of benzene rings is 2. The fourth-order valence-electron chi connectivity index (χ4n) is 2.32. The number of hydrogen-bond acceptors (Lipinski definition) is 3. The molecule has 2 rings (SSSR count). The van der Waals surface area contributed by atoms with Crippen LogP contribution >= 0.6 is 0 Å². The Morgan fingerprint density at radius 3 is 2.50 bits per heavy atom. The maximum Gasteiger partial charge on any atom is 0.244 e. The van der Waals surface area contributed by atoms with Gasteiger partial charge in [-0.2, -0.15) is 0 Å². The van der Waals surface area contributed by atoms with Gasteiger partial charge in [0.2, 0.25) is 5.91 Å². The Labute approximate surface area is 142 Å². The van der Waals surface area contributed by atoms with Crippen molar-refractivity contribution in [1.29, 1.82) is 0 Å². The first-order valence-electron chi connectivity index (χ1n) is 8.07. The van der Waals surface area contributed by atoms with Crippen molar-refractivity contribution in [3.8, 4) is 5.75 Å². The molecule has 0 spiro atoms. The number of nitrogens with one attached hydrogen (secondary N) is 1. The third kappa shape index (κ3) is 5.89. The fourth-order valence-corrected chi connectivity index (χ4v) is 2.32. The van der Waals surface area contributed by atoms with E-state index in [1.807, 2.05) is 61.5 Å². The predicted molar refractivity (Wildman–Crippen MR) is 95.8 cm³/mol. The average molecular weight is 325 g/mol. The molecule has 0 fully saturated rings. The van der Waals surface area contributed by atoms with Crippen LogP contribution in [0.25, 0.3) is 6.08 Å². The average Bonchev–Trinajstić information content (AvgIpc) is 2.62. The Hall–Kier alpha value is -2.59. The van der Waals surface area contributed by atoms with Crippen LogP contribution in [0.2, 0.25) is 0 Å². The number of ether oxygens (including phenoxy) is 1. The Bertz CT molecular complexity index is 650. The summed E-state index contributed by atoms with van der Waals surface area (Å²) in [5, 5.41) is 12.3. The Balaban J connectivity index is 1.88. The fraction of sp³-hybridized carbons (Fsp3) is 0.250. The second kappa shape index (κ2) is 9.53. The van der Waals surface area contributed by atoms with Crippen molar-refractivity contribution < 1.29 is 14.6 Å². The van der Waals surface area contributed by atoms with Gasteiger partial charge in [0.15, 0.2) is 0 Å². The molecular formula is C20H23NO3. The molecule has 126 valence electrons. The quantitative estimate of drug-likeness (QED) is 0.734. The molecule has 0 aliphatic rings. The molecule has 0 bridgehead atoms. The smallest absolute Gasteiger partial charge is 0.244 e. The van der Waals surface area contributed by atoms with Gasteiger partial charge in [0.25, 0.3) is 0 Å². The lowest BCUT2D eigenvalue weighted by molar-refractivity contribution is -0.117.